The van der Waals surface area contributed by atoms with Crippen molar-refractivity contribution in [3.05, 3.63) is 48.3 Å². The van der Waals surface area contributed by atoms with Gasteiger partial charge in [0.2, 0.25) is 0 Å². The molecule has 2 radical (unpaired) electrons. The van der Waals surface area contributed by atoms with Gasteiger partial charge in [0, 0.05) is 0 Å². The van der Waals surface area contributed by atoms with Crippen molar-refractivity contribution in [2.24, 2.45) is 0 Å². The van der Waals surface area contributed by atoms with Gasteiger partial charge in [0.1, 0.15) is 0 Å². The van der Waals surface area contributed by atoms with Crippen LogP contribution in [0.3, 0.4) is 0 Å². The van der Waals surface area contributed by atoms with E-state index in [1.165, 1.54) is 11.9 Å². The van der Waals surface area contributed by atoms with Crippen molar-refractivity contribution in [1.82, 2.24) is 15.0 Å². The van der Waals surface area contributed by atoms with Crippen LogP contribution in [0.5, 0.6) is 11.6 Å². The topological polar surface area (TPSA) is 47.9 Å². The van der Waals surface area contributed by atoms with Crippen LogP contribution in [0, 0.1) is 6.92 Å². The Bertz CT molecular complexity index is 728. The first-order valence-electron chi connectivity index (χ1n) is 5.77. The van der Waals surface area contributed by atoms with E-state index in [0.29, 0.717) is 5.88 Å². The van der Waals surface area contributed by atoms with Gasteiger partial charge in [-0.15, -0.1) is 0 Å². The van der Waals surface area contributed by atoms with E-state index in [-0.39, 0.29) is 0 Å². The quantitative estimate of drug-likeness (QED) is 0.679. The zero-order valence-electron chi connectivity index (χ0n) is 10.2. The molecule has 0 N–H and O–H groups in total. The van der Waals surface area contributed by atoms with Crippen molar-refractivity contribution in [3.8, 4) is 11.6 Å². The number of pyridine rings is 1. The Kier molecular flexibility index (Phi) is 3.18. The van der Waals surface area contributed by atoms with Gasteiger partial charge in [0.15, 0.2) is 0 Å². The van der Waals surface area contributed by atoms with E-state index in [2.05, 4.69) is 31.8 Å². The first-order valence-corrected chi connectivity index (χ1v) is 6.71. The summed E-state index contributed by atoms with van der Waals surface area (Å²) in [5.41, 5.74) is 2.74. The Morgan fingerprint density at radius 1 is 1.00 bits per heavy atom. The molecule has 0 saturated heterocycles. The third-order valence-electron chi connectivity index (χ3n) is 2.68. The van der Waals surface area contributed by atoms with E-state index in [0.717, 1.165) is 21.3 Å². The third-order valence-corrected chi connectivity index (χ3v) is 3.37. The molecule has 3 aromatic rings. The maximum atomic E-state index is 5.72. The monoisotopic (exact) mass is 311 g/mol. The van der Waals surface area contributed by atoms with Gasteiger partial charge < -0.3 is 0 Å². The number of rotatable bonds is 2. The average molecular weight is 311 g/mol. The van der Waals surface area contributed by atoms with Gasteiger partial charge in [-0.1, -0.05) is 0 Å². The van der Waals surface area contributed by atoms with Crippen molar-refractivity contribution in [1.29, 1.82) is 0 Å². The van der Waals surface area contributed by atoms with Crippen LogP contribution in [0.4, 0.5) is 0 Å². The molecule has 19 heavy (non-hydrogen) atoms. The summed E-state index contributed by atoms with van der Waals surface area (Å²) in [6.45, 7) is 2.04. The molecule has 4 nitrogen and oxygen atoms in total. The standard InChI is InChI=1S/C14H10AsN3O/c1-9-2-4-10(5-3-9)19-12-7-6-11-13(18-12)14(15)17-8-16-11/h2-8H,1H3. The summed E-state index contributed by atoms with van der Waals surface area (Å²) in [5, 5.41) is 0. The van der Waals surface area contributed by atoms with E-state index >= 15 is 0 Å². The third kappa shape index (κ3) is 2.59. The minimum absolute atomic E-state index is 0.540. The molecule has 92 valence electrons. The van der Waals surface area contributed by atoms with Gasteiger partial charge in [0.25, 0.3) is 0 Å². The Balaban J connectivity index is 1.97. The van der Waals surface area contributed by atoms with Gasteiger partial charge >= 0.3 is 119 Å². The van der Waals surface area contributed by atoms with Crippen LogP contribution in [-0.4, -0.2) is 31.8 Å². The second-order valence-electron chi connectivity index (χ2n) is 4.13. The fraction of sp³-hybridized carbons (Fsp3) is 0.0714. The predicted octanol–water partition coefficient (Wildman–Crippen LogP) is 1.92. The molecular weight excluding hydrogens is 301 g/mol. The molecule has 0 aliphatic rings. The molecular formula is C14H10AsN3O. The number of ether oxygens (including phenoxy) is 1. The molecule has 0 aliphatic heterocycles. The zero-order valence-corrected chi connectivity index (χ0v) is 12.1. The number of aryl methyl sites for hydroxylation is 1. The minimum atomic E-state index is 0.540. The number of aromatic nitrogens is 3. The summed E-state index contributed by atoms with van der Waals surface area (Å²) in [4.78, 5) is 12.7. The van der Waals surface area contributed by atoms with Crippen molar-refractivity contribution in [3.63, 3.8) is 0 Å². The molecule has 0 bridgehead atoms. The second-order valence-corrected chi connectivity index (χ2v) is 5.02. The Morgan fingerprint density at radius 2 is 1.79 bits per heavy atom. The summed E-state index contributed by atoms with van der Waals surface area (Å²) in [7, 11) is 0. The van der Waals surface area contributed by atoms with E-state index in [9.17, 15) is 0 Å². The van der Waals surface area contributed by atoms with Crippen molar-refractivity contribution in [2.75, 3.05) is 0 Å². The van der Waals surface area contributed by atoms with Crippen LogP contribution >= 0.6 is 0 Å². The van der Waals surface area contributed by atoms with E-state index in [1.807, 2.05) is 43.3 Å². The van der Waals surface area contributed by atoms with Gasteiger partial charge in [-0.3, -0.25) is 0 Å². The first-order chi connectivity index (χ1) is 9.22. The molecule has 0 unspecified atom stereocenters. The Morgan fingerprint density at radius 3 is 2.58 bits per heavy atom. The fourth-order valence-corrected chi connectivity index (χ4v) is 2.15. The van der Waals surface area contributed by atoms with Gasteiger partial charge in [0.05, 0.1) is 0 Å². The normalized spacial score (nSPS) is 10.6. The molecule has 2 aromatic heterocycles. The summed E-state index contributed by atoms with van der Waals surface area (Å²) < 4.78 is 6.51. The number of hydrogen-bond acceptors (Lipinski definition) is 4. The van der Waals surface area contributed by atoms with Crippen LogP contribution in [-0.2, 0) is 0 Å². The van der Waals surface area contributed by atoms with Crippen LogP contribution in [0.2, 0.25) is 0 Å². The van der Waals surface area contributed by atoms with Gasteiger partial charge in [-0.05, 0) is 0 Å². The molecule has 0 amide bonds. The van der Waals surface area contributed by atoms with Crippen molar-refractivity contribution in [2.45, 2.75) is 6.92 Å². The summed E-state index contributed by atoms with van der Waals surface area (Å²) in [6.07, 6.45) is 1.53. The summed E-state index contributed by atoms with van der Waals surface area (Å²) in [6, 6.07) is 11.5. The second kappa shape index (κ2) is 4.98. The van der Waals surface area contributed by atoms with Crippen molar-refractivity contribution >= 4 is 32.4 Å². The average Bonchev–Trinajstić information content (AvgIpc) is 2.42. The van der Waals surface area contributed by atoms with Crippen LogP contribution < -0.4 is 9.22 Å². The Labute approximate surface area is 119 Å². The SMILES string of the molecule is Cc1ccc(Oc2ccc3ncnc([As])c3n2)cc1. The van der Waals surface area contributed by atoms with E-state index in [4.69, 9.17) is 4.74 Å². The van der Waals surface area contributed by atoms with Crippen LogP contribution in [0.15, 0.2) is 42.7 Å². The maximum absolute atomic E-state index is 5.72. The molecule has 3 rings (SSSR count). The Hall–Kier alpha value is -1.93. The fourth-order valence-electron chi connectivity index (χ4n) is 1.69. The van der Waals surface area contributed by atoms with E-state index in [1.54, 1.807) is 0 Å². The molecule has 0 fully saturated rings. The molecule has 2 heterocycles. The van der Waals surface area contributed by atoms with Crippen LogP contribution in [0.1, 0.15) is 5.56 Å². The molecule has 0 aliphatic carbocycles. The summed E-state index contributed by atoms with van der Waals surface area (Å²) >= 11 is 2.39. The molecule has 5 heteroatoms. The van der Waals surface area contributed by atoms with Crippen LogP contribution in [0.25, 0.3) is 11.0 Å². The number of fused-ring (bicyclic) bond motifs is 1. The van der Waals surface area contributed by atoms with Crippen molar-refractivity contribution < 1.29 is 4.74 Å². The number of benzene rings is 1. The molecule has 0 spiro atoms. The van der Waals surface area contributed by atoms with Gasteiger partial charge in [-0.25, -0.2) is 0 Å². The first kappa shape index (κ1) is 12.1. The molecule has 1 aromatic carbocycles. The number of hydrogen-bond donors (Lipinski definition) is 0. The predicted molar refractivity (Wildman–Crippen MR) is 74.0 cm³/mol. The molecule has 0 atom stereocenters. The zero-order chi connectivity index (χ0) is 13.2. The van der Waals surface area contributed by atoms with E-state index < -0.39 is 0 Å². The summed E-state index contributed by atoms with van der Waals surface area (Å²) in [5.74, 6) is 1.31. The number of nitrogens with zero attached hydrogens (tertiary/aromatic N) is 3. The molecule has 0 saturated carbocycles. The van der Waals surface area contributed by atoms with Gasteiger partial charge in [-0.2, -0.15) is 0 Å².